The highest BCUT2D eigenvalue weighted by atomic mass is 16.4. The second kappa shape index (κ2) is 8.64. The standard InChI is InChI=1S/C15H26N2O4/c1-3-8-17(10-14(19)20)13(18)9-11(2)16-15(21)12-6-4-5-7-12/h11-12H,3-10H2,1-2H3,(H,16,21)(H,19,20). The van der Waals surface area contributed by atoms with E-state index in [1.54, 1.807) is 6.92 Å². The van der Waals surface area contributed by atoms with Gasteiger partial charge in [0.2, 0.25) is 11.8 Å². The summed E-state index contributed by atoms with van der Waals surface area (Å²) in [5.74, 6) is -1.14. The van der Waals surface area contributed by atoms with Gasteiger partial charge in [-0.25, -0.2) is 0 Å². The maximum atomic E-state index is 12.1. The van der Waals surface area contributed by atoms with Gasteiger partial charge >= 0.3 is 5.97 Å². The smallest absolute Gasteiger partial charge is 0.323 e. The molecule has 1 aliphatic carbocycles. The van der Waals surface area contributed by atoms with Crippen molar-refractivity contribution >= 4 is 17.8 Å². The van der Waals surface area contributed by atoms with E-state index in [1.165, 1.54) is 4.90 Å². The number of carboxylic acid groups (broad SMARTS) is 1. The van der Waals surface area contributed by atoms with E-state index >= 15 is 0 Å². The number of hydrogen-bond acceptors (Lipinski definition) is 3. The molecule has 0 aromatic heterocycles. The second-order valence-electron chi connectivity index (χ2n) is 5.80. The first-order valence-electron chi connectivity index (χ1n) is 7.74. The van der Waals surface area contributed by atoms with Gasteiger partial charge in [0.1, 0.15) is 6.54 Å². The first-order chi connectivity index (χ1) is 9.93. The van der Waals surface area contributed by atoms with Gasteiger partial charge in [-0.3, -0.25) is 14.4 Å². The average molecular weight is 298 g/mol. The summed E-state index contributed by atoms with van der Waals surface area (Å²) in [4.78, 5) is 36.2. The topological polar surface area (TPSA) is 86.7 Å². The maximum Gasteiger partial charge on any atom is 0.323 e. The fourth-order valence-corrected chi connectivity index (χ4v) is 2.72. The molecule has 0 aromatic carbocycles. The zero-order valence-corrected chi connectivity index (χ0v) is 12.9. The Bertz CT molecular complexity index is 378. The van der Waals surface area contributed by atoms with Crippen LogP contribution in [0.4, 0.5) is 0 Å². The summed E-state index contributed by atoms with van der Waals surface area (Å²) in [5.41, 5.74) is 0. The molecule has 0 spiro atoms. The average Bonchev–Trinajstić information content (AvgIpc) is 2.91. The van der Waals surface area contributed by atoms with Crippen molar-refractivity contribution in [3.05, 3.63) is 0 Å². The minimum absolute atomic E-state index is 0.0214. The van der Waals surface area contributed by atoms with E-state index < -0.39 is 5.97 Å². The molecule has 1 rings (SSSR count). The molecule has 6 heteroatoms. The van der Waals surface area contributed by atoms with E-state index in [1.807, 2.05) is 6.92 Å². The van der Waals surface area contributed by atoms with E-state index in [0.717, 1.165) is 25.7 Å². The van der Waals surface area contributed by atoms with Crippen molar-refractivity contribution in [2.75, 3.05) is 13.1 Å². The first kappa shape index (κ1) is 17.5. The van der Waals surface area contributed by atoms with Crippen LogP contribution in [0.15, 0.2) is 0 Å². The third-order valence-corrected chi connectivity index (χ3v) is 3.77. The number of rotatable bonds is 8. The summed E-state index contributed by atoms with van der Waals surface area (Å²) < 4.78 is 0. The summed E-state index contributed by atoms with van der Waals surface area (Å²) in [6, 6.07) is -0.265. The van der Waals surface area contributed by atoms with Gasteiger partial charge in [-0.15, -0.1) is 0 Å². The lowest BCUT2D eigenvalue weighted by Crippen LogP contribution is -2.42. The molecule has 2 amide bonds. The van der Waals surface area contributed by atoms with Crippen LogP contribution in [0.2, 0.25) is 0 Å². The molecule has 2 N–H and O–H groups in total. The largest absolute Gasteiger partial charge is 0.480 e. The Balaban J connectivity index is 2.43. The molecule has 1 aliphatic rings. The van der Waals surface area contributed by atoms with Crippen molar-refractivity contribution in [2.24, 2.45) is 5.92 Å². The highest BCUT2D eigenvalue weighted by Crippen LogP contribution is 2.24. The zero-order chi connectivity index (χ0) is 15.8. The third kappa shape index (κ3) is 6.14. The van der Waals surface area contributed by atoms with E-state index in [2.05, 4.69) is 5.32 Å². The molecule has 0 saturated heterocycles. The van der Waals surface area contributed by atoms with Crippen LogP contribution in [-0.4, -0.2) is 46.9 Å². The minimum Gasteiger partial charge on any atom is -0.480 e. The van der Waals surface area contributed by atoms with Gasteiger partial charge in [0, 0.05) is 24.9 Å². The van der Waals surface area contributed by atoms with Crippen LogP contribution in [0.5, 0.6) is 0 Å². The Kier molecular flexibility index (Phi) is 7.19. The van der Waals surface area contributed by atoms with E-state index in [0.29, 0.717) is 13.0 Å². The number of hydrogen-bond donors (Lipinski definition) is 2. The highest BCUT2D eigenvalue weighted by molar-refractivity contribution is 5.83. The Hall–Kier alpha value is -1.59. The number of nitrogens with zero attached hydrogens (tertiary/aromatic N) is 1. The molecule has 0 aromatic rings. The van der Waals surface area contributed by atoms with Crippen LogP contribution in [0.3, 0.4) is 0 Å². The number of amides is 2. The molecule has 21 heavy (non-hydrogen) atoms. The van der Waals surface area contributed by atoms with E-state index in [-0.39, 0.29) is 36.7 Å². The molecular formula is C15H26N2O4. The van der Waals surface area contributed by atoms with Crippen LogP contribution in [0, 0.1) is 5.92 Å². The lowest BCUT2D eigenvalue weighted by atomic mass is 10.1. The molecule has 0 heterocycles. The SMILES string of the molecule is CCCN(CC(=O)O)C(=O)CC(C)NC(=O)C1CCCC1. The fraction of sp³-hybridized carbons (Fsp3) is 0.800. The predicted octanol–water partition coefficient (Wildman–Crippen LogP) is 1.39. The van der Waals surface area contributed by atoms with Crippen LogP contribution >= 0.6 is 0 Å². The van der Waals surface area contributed by atoms with Gasteiger partial charge in [-0.2, -0.15) is 0 Å². The Morgan fingerprint density at radius 3 is 2.43 bits per heavy atom. The summed E-state index contributed by atoms with van der Waals surface area (Å²) in [6.45, 7) is 3.83. The van der Waals surface area contributed by atoms with Gasteiger partial charge in [0.15, 0.2) is 0 Å². The highest BCUT2D eigenvalue weighted by Gasteiger charge is 2.25. The van der Waals surface area contributed by atoms with Crippen molar-refractivity contribution in [2.45, 2.75) is 58.4 Å². The van der Waals surface area contributed by atoms with Gasteiger partial charge < -0.3 is 15.3 Å². The zero-order valence-electron chi connectivity index (χ0n) is 12.9. The molecule has 1 saturated carbocycles. The molecule has 1 fully saturated rings. The van der Waals surface area contributed by atoms with Crippen molar-refractivity contribution in [3.63, 3.8) is 0 Å². The quantitative estimate of drug-likeness (QED) is 0.709. The minimum atomic E-state index is -1.01. The van der Waals surface area contributed by atoms with Gasteiger partial charge in [-0.05, 0) is 26.2 Å². The third-order valence-electron chi connectivity index (χ3n) is 3.77. The predicted molar refractivity (Wildman–Crippen MR) is 78.7 cm³/mol. The molecule has 6 nitrogen and oxygen atoms in total. The van der Waals surface area contributed by atoms with Gasteiger partial charge in [0.05, 0.1) is 0 Å². The number of carboxylic acids is 1. The van der Waals surface area contributed by atoms with E-state index in [4.69, 9.17) is 5.11 Å². The number of aliphatic carboxylic acids is 1. The summed E-state index contributed by atoms with van der Waals surface area (Å²) in [7, 11) is 0. The molecule has 0 bridgehead atoms. The fourth-order valence-electron chi connectivity index (χ4n) is 2.72. The summed E-state index contributed by atoms with van der Waals surface area (Å²) >= 11 is 0. The van der Waals surface area contributed by atoms with Crippen LogP contribution in [0.1, 0.15) is 52.4 Å². The number of nitrogens with one attached hydrogen (secondary N) is 1. The molecule has 120 valence electrons. The van der Waals surface area contributed by atoms with Gasteiger partial charge in [-0.1, -0.05) is 19.8 Å². The van der Waals surface area contributed by atoms with Crippen molar-refractivity contribution in [3.8, 4) is 0 Å². The van der Waals surface area contributed by atoms with Crippen molar-refractivity contribution in [1.82, 2.24) is 10.2 Å². The summed E-state index contributed by atoms with van der Waals surface area (Å²) in [5, 5.41) is 11.7. The lowest BCUT2D eigenvalue weighted by molar-refractivity contribution is -0.144. The van der Waals surface area contributed by atoms with Crippen LogP contribution < -0.4 is 5.32 Å². The Labute approximate surface area is 125 Å². The van der Waals surface area contributed by atoms with Crippen LogP contribution in [-0.2, 0) is 14.4 Å². The van der Waals surface area contributed by atoms with Crippen molar-refractivity contribution in [1.29, 1.82) is 0 Å². The first-order valence-corrected chi connectivity index (χ1v) is 7.74. The number of carbonyl (C=O) groups excluding carboxylic acids is 2. The monoisotopic (exact) mass is 298 g/mol. The Morgan fingerprint density at radius 1 is 1.29 bits per heavy atom. The van der Waals surface area contributed by atoms with E-state index in [9.17, 15) is 14.4 Å². The molecule has 0 radical (unpaired) electrons. The summed E-state index contributed by atoms with van der Waals surface area (Å²) in [6.07, 6.45) is 4.89. The second-order valence-corrected chi connectivity index (χ2v) is 5.80. The van der Waals surface area contributed by atoms with Crippen molar-refractivity contribution < 1.29 is 19.5 Å². The molecule has 0 aliphatic heterocycles. The number of carbonyl (C=O) groups is 3. The van der Waals surface area contributed by atoms with Gasteiger partial charge in [0.25, 0.3) is 0 Å². The molecule has 1 atom stereocenters. The Morgan fingerprint density at radius 2 is 1.90 bits per heavy atom. The molecular weight excluding hydrogens is 272 g/mol. The lowest BCUT2D eigenvalue weighted by Gasteiger charge is -2.23. The maximum absolute atomic E-state index is 12.1. The normalized spacial score (nSPS) is 16.5. The molecule has 1 unspecified atom stereocenters. The van der Waals surface area contributed by atoms with Crippen LogP contribution in [0.25, 0.3) is 0 Å².